The lowest BCUT2D eigenvalue weighted by Gasteiger charge is -2.29. The van der Waals surface area contributed by atoms with Crippen molar-refractivity contribution in [1.29, 1.82) is 0 Å². The van der Waals surface area contributed by atoms with Gasteiger partial charge in [-0.25, -0.2) is 13.4 Å². The zero-order valence-corrected chi connectivity index (χ0v) is 14.8. The van der Waals surface area contributed by atoms with Crippen LogP contribution >= 0.6 is 0 Å². The molecule has 1 aliphatic heterocycles. The number of hydrogen-bond donors (Lipinski definition) is 1. The highest BCUT2D eigenvalue weighted by atomic mass is 32.2. The summed E-state index contributed by atoms with van der Waals surface area (Å²) in [6.45, 7) is 3.71. The van der Waals surface area contributed by atoms with Crippen LogP contribution in [0.25, 0.3) is 10.9 Å². The predicted octanol–water partition coefficient (Wildman–Crippen LogP) is 1.82. The molecule has 0 unspecified atom stereocenters. The van der Waals surface area contributed by atoms with E-state index in [1.54, 1.807) is 18.3 Å². The topological polar surface area (TPSA) is 67.2 Å². The molecule has 0 bridgehead atoms. The fourth-order valence-electron chi connectivity index (χ4n) is 3.30. The maximum atomic E-state index is 13.0. The maximum Gasteiger partial charge on any atom is 0.225 e. The van der Waals surface area contributed by atoms with Crippen molar-refractivity contribution in [3.63, 3.8) is 0 Å². The molecule has 0 radical (unpaired) electrons. The van der Waals surface area contributed by atoms with E-state index in [4.69, 9.17) is 0 Å². The Hall–Kier alpha value is -2.38. The molecular formula is C18H20N4O2S. The molecule has 6 nitrogen and oxygen atoms in total. The van der Waals surface area contributed by atoms with E-state index in [9.17, 15) is 8.42 Å². The van der Waals surface area contributed by atoms with Gasteiger partial charge in [0.15, 0.2) is 5.03 Å². The maximum absolute atomic E-state index is 13.0. The lowest BCUT2D eigenvalue weighted by Crippen LogP contribution is -2.43. The summed E-state index contributed by atoms with van der Waals surface area (Å²) in [6.07, 6.45) is 3.18. The van der Waals surface area contributed by atoms with Crippen molar-refractivity contribution in [2.75, 3.05) is 31.1 Å². The molecule has 0 spiro atoms. The first-order chi connectivity index (χ1) is 12.1. The van der Waals surface area contributed by atoms with Gasteiger partial charge in [-0.3, -0.25) is 0 Å². The Bertz CT molecular complexity index is 1010. The molecule has 130 valence electrons. The van der Waals surface area contributed by atoms with E-state index in [1.165, 1.54) is 12.3 Å². The number of nitrogens with one attached hydrogen (secondary N) is 1. The van der Waals surface area contributed by atoms with Crippen molar-refractivity contribution in [1.82, 2.24) is 14.9 Å². The second-order valence-electron chi connectivity index (χ2n) is 6.21. The van der Waals surface area contributed by atoms with Gasteiger partial charge in [0.05, 0.1) is 4.90 Å². The van der Waals surface area contributed by atoms with Crippen molar-refractivity contribution in [3.8, 4) is 0 Å². The monoisotopic (exact) mass is 356 g/mol. The molecule has 1 fully saturated rings. The van der Waals surface area contributed by atoms with Crippen LogP contribution in [0, 0.1) is 0 Å². The number of piperazine rings is 1. The zero-order valence-electron chi connectivity index (χ0n) is 14.0. The molecule has 3 heterocycles. The van der Waals surface area contributed by atoms with Gasteiger partial charge in [-0.1, -0.05) is 6.07 Å². The van der Waals surface area contributed by atoms with Crippen LogP contribution in [0.15, 0.2) is 58.7 Å². The first kappa shape index (κ1) is 16.1. The van der Waals surface area contributed by atoms with Crippen LogP contribution in [0.3, 0.4) is 0 Å². The Kier molecular flexibility index (Phi) is 3.97. The summed E-state index contributed by atoms with van der Waals surface area (Å²) in [4.78, 5) is 6.62. The number of benzene rings is 1. The minimum absolute atomic E-state index is 0.0788. The largest absolute Gasteiger partial charge is 0.369 e. The van der Waals surface area contributed by atoms with E-state index >= 15 is 0 Å². The van der Waals surface area contributed by atoms with Crippen molar-refractivity contribution in [2.45, 2.75) is 9.92 Å². The molecule has 0 saturated carbocycles. The van der Waals surface area contributed by atoms with Gasteiger partial charge in [0.1, 0.15) is 0 Å². The standard InChI is InChI=1S/C18H20N4O2S/c1-21-13-17(25(23,24)18-4-2-3-7-20-18)15-12-14(5-6-16(15)21)22-10-8-19-9-11-22/h2-7,12-13,19H,8-11H2,1H3. The first-order valence-electron chi connectivity index (χ1n) is 8.28. The molecule has 3 aromatic rings. The summed E-state index contributed by atoms with van der Waals surface area (Å²) in [5.74, 6) is 0. The van der Waals surface area contributed by atoms with Crippen LogP contribution in [-0.4, -0.2) is 44.1 Å². The molecule has 1 aromatic carbocycles. The van der Waals surface area contributed by atoms with Crippen molar-refractivity contribution in [2.24, 2.45) is 7.05 Å². The molecule has 0 aliphatic carbocycles. The highest BCUT2D eigenvalue weighted by Crippen LogP contribution is 2.32. The van der Waals surface area contributed by atoms with Gasteiger partial charge in [-0.2, -0.15) is 0 Å². The molecule has 4 rings (SSSR count). The average Bonchev–Trinajstić information content (AvgIpc) is 3.00. The number of nitrogens with zero attached hydrogens (tertiary/aromatic N) is 3. The normalized spacial score (nSPS) is 15.6. The predicted molar refractivity (Wildman–Crippen MR) is 97.7 cm³/mol. The van der Waals surface area contributed by atoms with E-state index in [2.05, 4.69) is 21.3 Å². The van der Waals surface area contributed by atoms with Crippen molar-refractivity contribution < 1.29 is 8.42 Å². The van der Waals surface area contributed by atoms with Crippen LogP contribution in [0.2, 0.25) is 0 Å². The second-order valence-corrected chi connectivity index (χ2v) is 8.08. The summed E-state index contributed by atoms with van der Waals surface area (Å²) in [5.41, 5.74) is 1.95. The smallest absolute Gasteiger partial charge is 0.225 e. The van der Waals surface area contributed by atoms with Crippen LogP contribution < -0.4 is 10.2 Å². The number of aryl methyl sites for hydroxylation is 1. The fourth-order valence-corrected chi connectivity index (χ4v) is 4.73. The van der Waals surface area contributed by atoms with Gasteiger partial charge < -0.3 is 14.8 Å². The fraction of sp³-hybridized carbons (Fsp3) is 0.278. The molecule has 2 aromatic heterocycles. The van der Waals surface area contributed by atoms with Gasteiger partial charge in [0, 0.05) is 62.2 Å². The minimum atomic E-state index is -3.66. The number of pyridine rings is 1. The quantitative estimate of drug-likeness (QED) is 0.775. The van der Waals surface area contributed by atoms with E-state index in [-0.39, 0.29) is 5.03 Å². The SMILES string of the molecule is Cn1cc(S(=O)(=O)c2ccccn2)c2cc(N3CCNCC3)ccc21. The Morgan fingerprint density at radius 2 is 1.92 bits per heavy atom. The van der Waals surface area contributed by atoms with Crippen LogP contribution in [0.4, 0.5) is 5.69 Å². The van der Waals surface area contributed by atoms with Crippen LogP contribution in [-0.2, 0) is 16.9 Å². The van der Waals surface area contributed by atoms with E-state index in [0.29, 0.717) is 4.90 Å². The van der Waals surface area contributed by atoms with E-state index < -0.39 is 9.84 Å². The van der Waals surface area contributed by atoms with Gasteiger partial charge in [0.25, 0.3) is 0 Å². The second kappa shape index (κ2) is 6.16. The third kappa shape index (κ3) is 2.79. The Labute approximate surface area is 147 Å². The lowest BCUT2D eigenvalue weighted by atomic mass is 10.2. The third-order valence-corrected chi connectivity index (χ3v) is 6.32. The molecule has 25 heavy (non-hydrogen) atoms. The highest BCUT2D eigenvalue weighted by Gasteiger charge is 2.24. The number of aromatic nitrogens is 2. The number of anilines is 1. The minimum Gasteiger partial charge on any atom is -0.369 e. The highest BCUT2D eigenvalue weighted by molar-refractivity contribution is 7.91. The summed E-state index contributed by atoms with van der Waals surface area (Å²) in [5, 5.41) is 4.15. The summed E-state index contributed by atoms with van der Waals surface area (Å²) in [7, 11) is -1.79. The van der Waals surface area contributed by atoms with Crippen LogP contribution in [0.5, 0.6) is 0 Å². The molecular weight excluding hydrogens is 336 g/mol. The number of sulfone groups is 1. The molecule has 0 atom stereocenters. The zero-order chi connectivity index (χ0) is 17.4. The Balaban J connectivity index is 1.86. The van der Waals surface area contributed by atoms with Crippen molar-refractivity contribution >= 4 is 26.4 Å². The summed E-state index contributed by atoms with van der Waals surface area (Å²) in [6, 6.07) is 11.0. The van der Waals surface area contributed by atoms with E-state index in [0.717, 1.165) is 42.8 Å². The molecule has 1 N–H and O–H groups in total. The Morgan fingerprint density at radius 3 is 2.64 bits per heavy atom. The first-order valence-corrected chi connectivity index (χ1v) is 9.76. The van der Waals surface area contributed by atoms with E-state index in [1.807, 2.05) is 23.7 Å². The summed E-state index contributed by atoms with van der Waals surface area (Å²) < 4.78 is 28.0. The summed E-state index contributed by atoms with van der Waals surface area (Å²) >= 11 is 0. The average molecular weight is 356 g/mol. The van der Waals surface area contributed by atoms with Crippen LogP contribution in [0.1, 0.15) is 0 Å². The van der Waals surface area contributed by atoms with Gasteiger partial charge in [-0.05, 0) is 30.3 Å². The van der Waals surface area contributed by atoms with Gasteiger partial charge in [0.2, 0.25) is 9.84 Å². The lowest BCUT2D eigenvalue weighted by molar-refractivity contribution is 0.589. The molecule has 7 heteroatoms. The third-order valence-electron chi connectivity index (χ3n) is 4.62. The molecule has 0 amide bonds. The Morgan fingerprint density at radius 1 is 1.12 bits per heavy atom. The molecule has 1 aliphatic rings. The van der Waals surface area contributed by atoms with Crippen molar-refractivity contribution in [3.05, 3.63) is 48.8 Å². The van der Waals surface area contributed by atoms with Gasteiger partial charge >= 0.3 is 0 Å². The number of rotatable bonds is 3. The molecule has 1 saturated heterocycles. The number of hydrogen-bond acceptors (Lipinski definition) is 5. The number of fused-ring (bicyclic) bond motifs is 1. The van der Waals surface area contributed by atoms with Gasteiger partial charge in [-0.15, -0.1) is 0 Å².